The first-order valence-corrected chi connectivity index (χ1v) is 24.7. The van der Waals surface area contributed by atoms with Gasteiger partial charge in [-0.25, -0.2) is 15.0 Å². The van der Waals surface area contributed by atoms with Crippen molar-refractivity contribution >= 4 is 74.8 Å². The van der Waals surface area contributed by atoms with E-state index >= 15 is 0 Å². The van der Waals surface area contributed by atoms with Crippen molar-refractivity contribution < 1.29 is 24.2 Å². The predicted octanol–water partition coefficient (Wildman–Crippen LogP) is 6.03. The first kappa shape index (κ1) is 48.6. The molecule has 354 valence electrons. The molecule has 0 spiro atoms. The van der Waals surface area contributed by atoms with Crippen LogP contribution in [0.1, 0.15) is 106 Å². The van der Waals surface area contributed by atoms with Crippen LogP contribution in [-0.4, -0.2) is 118 Å². The minimum Gasteiger partial charge on any atom is -0.491 e. The SMILES string of the molecule is CCc1nc(C)sc1C(=O)Nc1nc2cc(C(N)=O)cc(OCCCN3CCN(C(C)C)CC3)c2n1CCC(C)Cn1c(NC(=O)c2cc(C)nn2CC)nc2cc(C(N)O)cc(SC)c21. The summed E-state index contributed by atoms with van der Waals surface area (Å²) < 4.78 is 12.1. The summed E-state index contributed by atoms with van der Waals surface area (Å²) in [5, 5.41) is 21.8. The molecule has 0 saturated carbocycles. The largest absolute Gasteiger partial charge is 0.491 e. The summed E-state index contributed by atoms with van der Waals surface area (Å²) in [5.74, 6) is -0.252. The number of nitrogens with two attached hydrogens (primary N) is 2. The smallest absolute Gasteiger partial charge is 0.276 e. The number of benzene rings is 2. The number of primary amides is 1. The summed E-state index contributed by atoms with van der Waals surface area (Å²) in [7, 11) is 0. The number of aromatic nitrogens is 7. The lowest BCUT2D eigenvalue weighted by Gasteiger charge is -2.36. The number of rotatable bonds is 20. The zero-order valence-corrected chi connectivity index (χ0v) is 40.8. The summed E-state index contributed by atoms with van der Waals surface area (Å²) in [6.07, 6.45) is 2.67. The minimum atomic E-state index is -1.21. The van der Waals surface area contributed by atoms with Gasteiger partial charge in [-0.15, -0.1) is 23.1 Å². The number of hydrogen-bond acceptors (Lipinski definition) is 14. The van der Waals surface area contributed by atoms with Gasteiger partial charge in [0.1, 0.15) is 28.1 Å². The Hall–Kier alpha value is -5.38. The van der Waals surface area contributed by atoms with Crippen LogP contribution < -0.4 is 26.8 Å². The first-order valence-electron chi connectivity index (χ1n) is 22.7. The number of thioether (sulfide) groups is 1. The van der Waals surface area contributed by atoms with Crippen LogP contribution in [0.4, 0.5) is 11.9 Å². The van der Waals surface area contributed by atoms with Crippen LogP contribution in [0.25, 0.3) is 22.1 Å². The molecule has 18 nitrogen and oxygen atoms in total. The van der Waals surface area contributed by atoms with Crippen LogP contribution in [-0.2, 0) is 26.1 Å². The monoisotopic (exact) mass is 941 g/mol. The summed E-state index contributed by atoms with van der Waals surface area (Å²) >= 11 is 2.82. The van der Waals surface area contributed by atoms with Gasteiger partial charge in [0.2, 0.25) is 17.8 Å². The molecule has 4 aromatic heterocycles. The molecule has 1 saturated heterocycles. The summed E-state index contributed by atoms with van der Waals surface area (Å²) in [6, 6.07) is 9.15. The second-order valence-electron chi connectivity index (χ2n) is 17.2. The molecule has 1 aliphatic rings. The molecule has 0 aliphatic carbocycles. The zero-order chi connectivity index (χ0) is 47.4. The Bertz CT molecular complexity index is 2710. The van der Waals surface area contributed by atoms with E-state index in [0.717, 1.165) is 60.3 Å². The zero-order valence-electron chi connectivity index (χ0n) is 39.2. The number of imidazole rings is 2. The van der Waals surface area contributed by atoms with Crippen LogP contribution in [0.15, 0.2) is 35.2 Å². The fourth-order valence-electron chi connectivity index (χ4n) is 8.55. The van der Waals surface area contributed by atoms with Gasteiger partial charge in [0.05, 0.1) is 39.6 Å². The number of carbonyl (C=O) groups excluding carboxylic acids is 3. The Kier molecular flexibility index (Phi) is 15.5. The average Bonchev–Trinajstić information content (AvgIpc) is 4.06. The Labute approximate surface area is 393 Å². The van der Waals surface area contributed by atoms with Crippen LogP contribution >= 0.6 is 23.1 Å². The van der Waals surface area contributed by atoms with Gasteiger partial charge in [-0.2, -0.15) is 5.10 Å². The molecule has 7 N–H and O–H groups in total. The molecule has 0 bridgehead atoms. The predicted molar refractivity (Wildman–Crippen MR) is 261 cm³/mol. The third-order valence-electron chi connectivity index (χ3n) is 12.1. The van der Waals surface area contributed by atoms with Crippen molar-refractivity contribution in [1.82, 2.24) is 43.7 Å². The number of anilines is 2. The standard InChI is InChI=1S/C46H63N13O5S2/c1-9-32-40(66-29(7)49-32)44(63)53-45-50-33-21-30(41(47)60)23-36(64-19-11-13-55-15-17-56(18-16-55)26(3)4)38(33)57(45)14-12-27(5)25-58-39-34(22-31(42(48)61)24-37(39)65-8)51-46(58)52-43(62)35-20-28(6)54-59(35)10-2/h20-24,26-27,42,61H,9-19,25,48H2,1-8H3,(H2,47,60)(H,50,53,63)(H,51,52,62). The van der Waals surface area contributed by atoms with E-state index in [1.165, 1.54) is 23.1 Å². The highest BCUT2D eigenvalue weighted by Gasteiger charge is 2.26. The van der Waals surface area contributed by atoms with Gasteiger partial charge in [0, 0.05) is 68.9 Å². The molecule has 2 aromatic carbocycles. The summed E-state index contributed by atoms with van der Waals surface area (Å²) in [5.41, 5.74) is 16.8. The van der Waals surface area contributed by atoms with Crippen LogP contribution in [0.5, 0.6) is 5.75 Å². The normalized spacial score (nSPS) is 14.7. The quantitative estimate of drug-likeness (QED) is 0.0335. The number of carbonyl (C=O) groups is 3. The Balaban J connectivity index is 1.21. The van der Waals surface area contributed by atoms with Crippen LogP contribution in [0, 0.1) is 19.8 Å². The van der Waals surface area contributed by atoms with Crippen molar-refractivity contribution in [2.75, 3.05) is 56.2 Å². The van der Waals surface area contributed by atoms with Crippen molar-refractivity contribution in [2.45, 2.75) is 105 Å². The second kappa shape index (κ2) is 21.1. The second-order valence-corrected chi connectivity index (χ2v) is 19.3. The highest BCUT2D eigenvalue weighted by atomic mass is 32.2. The number of fused-ring (bicyclic) bond motifs is 2. The maximum atomic E-state index is 14.0. The molecule has 2 unspecified atom stereocenters. The number of aryl methyl sites for hydroxylation is 5. The maximum absolute atomic E-state index is 14.0. The van der Waals surface area contributed by atoms with Gasteiger partial charge in [-0.3, -0.25) is 34.6 Å². The molecular weight excluding hydrogens is 879 g/mol. The molecular formula is C46H63N13O5S2. The number of amides is 3. The van der Waals surface area contributed by atoms with Gasteiger partial charge >= 0.3 is 0 Å². The van der Waals surface area contributed by atoms with Crippen molar-refractivity contribution in [3.8, 4) is 5.75 Å². The molecule has 0 radical (unpaired) electrons. The van der Waals surface area contributed by atoms with Crippen molar-refractivity contribution in [3.05, 3.63) is 68.4 Å². The fraction of sp³-hybridized carbons (Fsp3) is 0.500. The topological polar surface area (TPSA) is 230 Å². The number of ether oxygens (including phenoxy) is 1. The number of aliphatic hydroxyl groups is 1. The van der Waals surface area contributed by atoms with E-state index in [2.05, 4.69) is 51.3 Å². The van der Waals surface area contributed by atoms with E-state index < -0.39 is 12.1 Å². The van der Waals surface area contributed by atoms with Gasteiger partial charge in [-0.1, -0.05) is 13.8 Å². The van der Waals surface area contributed by atoms with E-state index in [1.807, 2.05) is 49.2 Å². The molecule has 66 heavy (non-hydrogen) atoms. The third kappa shape index (κ3) is 10.7. The minimum absolute atomic E-state index is 0.0433. The number of hydrogen-bond donors (Lipinski definition) is 5. The van der Waals surface area contributed by atoms with E-state index in [1.54, 1.807) is 28.9 Å². The molecule has 3 amide bonds. The number of thiazole rings is 1. The molecule has 1 fully saturated rings. The van der Waals surface area contributed by atoms with Crippen LogP contribution in [0.2, 0.25) is 0 Å². The highest BCUT2D eigenvalue weighted by Crippen LogP contribution is 2.35. The van der Waals surface area contributed by atoms with Crippen molar-refractivity contribution in [1.29, 1.82) is 0 Å². The van der Waals surface area contributed by atoms with Gasteiger partial charge < -0.3 is 35.3 Å². The lowest BCUT2D eigenvalue weighted by Crippen LogP contribution is -2.49. The first-order chi connectivity index (χ1) is 31.6. The van der Waals surface area contributed by atoms with E-state index in [4.69, 9.17) is 26.2 Å². The number of piperazine rings is 1. The van der Waals surface area contributed by atoms with Crippen molar-refractivity contribution in [3.63, 3.8) is 0 Å². The Morgan fingerprint density at radius 1 is 0.909 bits per heavy atom. The lowest BCUT2D eigenvalue weighted by atomic mass is 10.1. The fourth-order valence-corrected chi connectivity index (χ4v) is 10.1. The molecule has 6 aromatic rings. The van der Waals surface area contributed by atoms with E-state index in [-0.39, 0.29) is 23.3 Å². The molecule has 20 heteroatoms. The maximum Gasteiger partial charge on any atom is 0.276 e. The molecule has 5 heterocycles. The average molecular weight is 942 g/mol. The molecule has 7 rings (SSSR count). The summed E-state index contributed by atoms with van der Waals surface area (Å²) in [6.45, 7) is 20.8. The van der Waals surface area contributed by atoms with Crippen molar-refractivity contribution in [2.24, 2.45) is 17.4 Å². The molecule has 1 aliphatic heterocycles. The number of aliphatic hydroxyl groups excluding tert-OH is 1. The van der Waals surface area contributed by atoms with E-state index in [9.17, 15) is 19.5 Å². The molecule has 2 atom stereocenters. The third-order valence-corrected chi connectivity index (χ3v) is 13.8. The van der Waals surface area contributed by atoms with Gasteiger partial charge in [-0.05, 0) is 102 Å². The Morgan fingerprint density at radius 2 is 1.61 bits per heavy atom. The van der Waals surface area contributed by atoms with E-state index in [0.29, 0.717) is 101 Å². The summed E-state index contributed by atoms with van der Waals surface area (Å²) in [4.78, 5) is 61.2. The Morgan fingerprint density at radius 3 is 2.26 bits per heavy atom. The lowest BCUT2D eigenvalue weighted by molar-refractivity contribution is 0.0994. The van der Waals surface area contributed by atoms with Crippen LogP contribution in [0.3, 0.4) is 0 Å². The van der Waals surface area contributed by atoms with Gasteiger partial charge in [0.15, 0.2) is 0 Å². The van der Waals surface area contributed by atoms with Gasteiger partial charge in [0.25, 0.3) is 11.8 Å². The highest BCUT2D eigenvalue weighted by molar-refractivity contribution is 7.98. The number of nitrogens with zero attached hydrogens (tertiary/aromatic N) is 9. The number of nitrogens with one attached hydrogen (secondary N) is 2.